The van der Waals surface area contributed by atoms with Crippen LogP contribution in [0.3, 0.4) is 0 Å². The molecule has 1 aromatic heterocycles. The van der Waals surface area contributed by atoms with E-state index < -0.39 is 21.0 Å². The minimum absolute atomic E-state index is 0.0985. The van der Waals surface area contributed by atoms with Crippen LogP contribution in [0.5, 0.6) is 0 Å². The number of nitro benzene ring substituents is 1. The van der Waals surface area contributed by atoms with Crippen molar-refractivity contribution in [1.29, 1.82) is 0 Å². The van der Waals surface area contributed by atoms with Gasteiger partial charge in [0, 0.05) is 36.3 Å². The van der Waals surface area contributed by atoms with Crippen LogP contribution in [0.1, 0.15) is 24.1 Å². The second-order valence-electron chi connectivity index (χ2n) is 6.11. The summed E-state index contributed by atoms with van der Waals surface area (Å²) >= 11 is 0. The average molecular weight is 386 g/mol. The Labute approximate surface area is 156 Å². The van der Waals surface area contributed by atoms with Crippen LogP contribution in [0.2, 0.25) is 0 Å². The van der Waals surface area contributed by atoms with E-state index in [1.54, 1.807) is 26.4 Å². The van der Waals surface area contributed by atoms with E-state index in [0.29, 0.717) is 5.56 Å². The Kier molecular flexibility index (Phi) is 5.06. The summed E-state index contributed by atoms with van der Waals surface area (Å²) in [4.78, 5) is 14.2. The van der Waals surface area contributed by atoms with E-state index in [1.165, 1.54) is 12.1 Å². The van der Waals surface area contributed by atoms with Crippen molar-refractivity contribution in [1.82, 2.24) is 14.3 Å². The molecule has 1 N–H and O–H groups in total. The molecule has 0 aliphatic heterocycles. The summed E-state index contributed by atoms with van der Waals surface area (Å²) in [6, 6.07) is 10.6. The normalized spacial score (nSPS) is 12.7. The summed E-state index contributed by atoms with van der Waals surface area (Å²) in [6.07, 6.45) is 5.16. The van der Waals surface area contributed by atoms with Crippen molar-refractivity contribution in [2.45, 2.75) is 24.8 Å². The molecule has 0 bridgehead atoms. The SMILES string of the molecule is Cc1ccc([N+](=O)[O-])cc1S(=O)(=O)N[C@@H](C)c1ccc(-n2ccnc2)cc1. The Hall–Kier alpha value is -3.04. The van der Waals surface area contributed by atoms with Crippen molar-refractivity contribution < 1.29 is 13.3 Å². The Balaban J connectivity index is 1.83. The monoisotopic (exact) mass is 386 g/mol. The highest BCUT2D eigenvalue weighted by Crippen LogP contribution is 2.24. The maximum Gasteiger partial charge on any atom is 0.270 e. The molecule has 3 aromatic rings. The van der Waals surface area contributed by atoms with Gasteiger partial charge < -0.3 is 4.57 Å². The van der Waals surface area contributed by atoms with Gasteiger partial charge in [-0.2, -0.15) is 0 Å². The van der Waals surface area contributed by atoms with Gasteiger partial charge in [-0.1, -0.05) is 18.2 Å². The van der Waals surface area contributed by atoms with E-state index in [0.717, 1.165) is 17.3 Å². The molecule has 0 amide bonds. The zero-order valence-electron chi connectivity index (χ0n) is 14.7. The Bertz CT molecular complexity index is 1060. The molecule has 9 heteroatoms. The van der Waals surface area contributed by atoms with Crippen LogP contribution in [-0.4, -0.2) is 22.9 Å². The van der Waals surface area contributed by atoms with Crippen LogP contribution in [-0.2, 0) is 10.0 Å². The molecule has 0 unspecified atom stereocenters. The molecule has 1 heterocycles. The second-order valence-corrected chi connectivity index (χ2v) is 7.79. The predicted molar refractivity (Wildman–Crippen MR) is 100 cm³/mol. The first kappa shape index (κ1) is 18.7. The molecule has 140 valence electrons. The molecule has 1 atom stereocenters. The lowest BCUT2D eigenvalue weighted by atomic mass is 10.1. The van der Waals surface area contributed by atoms with Gasteiger partial charge in [-0.3, -0.25) is 10.1 Å². The fraction of sp³-hybridized carbons (Fsp3) is 0.167. The largest absolute Gasteiger partial charge is 0.306 e. The number of imidazole rings is 1. The third kappa shape index (κ3) is 4.04. The molecule has 0 saturated carbocycles. The maximum atomic E-state index is 12.7. The van der Waals surface area contributed by atoms with Crippen molar-refractivity contribution in [2.24, 2.45) is 0 Å². The summed E-state index contributed by atoms with van der Waals surface area (Å²) in [7, 11) is -3.92. The summed E-state index contributed by atoms with van der Waals surface area (Å²) in [5.74, 6) is 0. The lowest BCUT2D eigenvalue weighted by Crippen LogP contribution is -2.27. The van der Waals surface area contributed by atoms with Crippen LogP contribution in [0.15, 0.2) is 66.1 Å². The van der Waals surface area contributed by atoms with Gasteiger partial charge in [-0.15, -0.1) is 0 Å². The number of nitro groups is 1. The number of aryl methyl sites for hydroxylation is 1. The first-order chi connectivity index (χ1) is 12.8. The van der Waals surface area contributed by atoms with Gasteiger partial charge >= 0.3 is 0 Å². The van der Waals surface area contributed by atoms with E-state index in [4.69, 9.17) is 0 Å². The van der Waals surface area contributed by atoms with Gasteiger partial charge in [-0.05, 0) is 37.1 Å². The molecular formula is C18H18N4O4S. The minimum atomic E-state index is -3.92. The molecule has 3 rings (SSSR count). The number of hydrogen-bond acceptors (Lipinski definition) is 5. The van der Waals surface area contributed by atoms with Gasteiger partial charge in [0.15, 0.2) is 0 Å². The number of nitrogens with zero attached hydrogens (tertiary/aromatic N) is 3. The van der Waals surface area contributed by atoms with Crippen molar-refractivity contribution in [2.75, 3.05) is 0 Å². The fourth-order valence-electron chi connectivity index (χ4n) is 2.70. The molecule has 0 spiro atoms. The Morgan fingerprint density at radius 2 is 1.89 bits per heavy atom. The number of rotatable bonds is 6. The summed E-state index contributed by atoms with van der Waals surface area (Å²) < 4.78 is 29.9. The van der Waals surface area contributed by atoms with Crippen LogP contribution >= 0.6 is 0 Å². The number of benzene rings is 2. The molecule has 0 aliphatic carbocycles. The molecule has 0 aliphatic rings. The number of sulfonamides is 1. The van der Waals surface area contributed by atoms with E-state index >= 15 is 0 Å². The summed E-state index contributed by atoms with van der Waals surface area (Å²) in [5.41, 5.74) is 1.85. The van der Waals surface area contributed by atoms with Crippen LogP contribution < -0.4 is 4.72 Å². The molecule has 0 radical (unpaired) electrons. The number of nitrogens with one attached hydrogen (secondary N) is 1. The zero-order chi connectivity index (χ0) is 19.6. The average Bonchev–Trinajstić information content (AvgIpc) is 3.16. The summed E-state index contributed by atoms with van der Waals surface area (Å²) in [5, 5.41) is 10.9. The standard InChI is InChI=1S/C18H18N4O4S/c1-13-3-6-17(22(23)24)11-18(13)27(25,26)20-14(2)15-4-7-16(8-5-15)21-10-9-19-12-21/h3-12,14,20H,1-2H3/t14-/m0/s1. The van der Waals surface area contributed by atoms with Crippen LogP contribution in [0.25, 0.3) is 5.69 Å². The van der Waals surface area contributed by atoms with Gasteiger partial charge in [-0.25, -0.2) is 18.1 Å². The first-order valence-electron chi connectivity index (χ1n) is 8.13. The van der Waals surface area contributed by atoms with Crippen LogP contribution in [0.4, 0.5) is 5.69 Å². The Morgan fingerprint density at radius 3 is 2.48 bits per heavy atom. The van der Waals surface area contributed by atoms with Gasteiger partial charge in [0.05, 0.1) is 16.1 Å². The smallest absolute Gasteiger partial charge is 0.270 e. The topological polar surface area (TPSA) is 107 Å². The number of hydrogen-bond donors (Lipinski definition) is 1. The lowest BCUT2D eigenvalue weighted by Gasteiger charge is -2.16. The van der Waals surface area contributed by atoms with E-state index in [9.17, 15) is 18.5 Å². The predicted octanol–water partition coefficient (Wildman–Crippen LogP) is 3.13. The first-order valence-corrected chi connectivity index (χ1v) is 9.62. The molecule has 0 fully saturated rings. The second kappa shape index (κ2) is 7.29. The zero-order valence-corrected chi connectivity index (χ0v) is 15.6. The highest BCUT2D eigenvalue weighted by Gasteiger charge is 2.23. The molecule has 0 saturated heterocycles. The molecule has 27 heavy (non-hydrogen) atoms. The quantitative estimate of drug-likeness (QED) is 0.517. The maximum absolute atomic E-state index is 12.7. The van der Waals surface area contributed by atoms with E-state index in [2.05, 4.69) is 9.71 Å². The van der Waals surface area contributed by atoms with Crippen molar-refractivity contribution >= 4 is 15.7 Å². The van der Waals surface area contributed by atoms with Gasteiger partial charge in [0.25, 0.3) is 5.69 Å². The number of aromatic nitrogens is 2. The lowest BCUT2D eigenvalue weighted by molar-refractivity contribution is -0.385. The van der Waals surface area contributed by atoms with Crippen molar-refractivity contribution in [3.8, 4) is 5.69 Å². The fourth-order valence-corrected chi connectivity index (χ4v) is 4.20. The Morgan fingerprint density at radius 1 is 1.19 bits per heavy atom. The summed E-state index contributed by atoms with van der Waals surface area (Å²) in [6.45, 7) is 3.32. The highest BCUT2D eigenvalue weighted by molar-refractivity contribution is 7.89. The molecular weight excluding hydrogens is 368 g/mol. The van der Waals surface area contributed by atoms with Crippen molar-refractivity contribution in [3.63, 3.8) is 0 Å². The third-order valence-electron chi connectivity index (χ3n) is 4.20. The van der Waals surface area contributed by atoms with Gasteiger partial charge in [0.1, 0.15) is 0 Å². The van der Waals surface area contributed by atoms with Gasteiger partial charge in [0.2, 0.25) is 10.0 Å². The van der Waals surface area contributed by atoms with Crippen molar-refractivity contribution in [3.05, 3.63) is 82.4 Å². The van der Waals surface area contributed by atoms with E-state index in [-0.39, 0.29) is 10.6 Å². The minimum Gasteiger partial charge on any atom is -0.306 e. The molecule has 8 nitrogen and oxygen atoms in total. The number of non-ortho nitro benzene ring substituents is 1. The van der Waals surface area contributed by atoms with Crippen LogP contribution in [0, 0.1) is 17.0 Å². The van der Waals surface area contributed by atoms with E-state index in [1.807, 2.05) is 35.0 Å². The highest BCUT2D eigenvalue weighted by atomic mass is 32.2. The third-order valence-corrected chi connectivity index (χ3v) is 5.88. The molecule has 2 aromatic carbocycles.